The minimum Gasteiger partial charge on any atom is -0.508 e. The molecule has 0 unspecified atom stereocenters. The molecule has 1 saturated carbocycles. The van der Waals surface area contributed by atoms with Crippen LogP contribution >= 0.6 is 0 Å². The van der Waals surface area contributed by atoms with Gasteiger partial charge in [-0.1, -0.05) is 6.42 Å². The van der Waals surface area contributed by atoms with Crippen LogP contribution in [0.5, 0.6) is 23.0 Å². The van der Waals surface area contributed by atoms with Crippen molar-refractivity contribution in [2.24, 2.45) is 0 Å². The number of benzene rings is 2. The van der Waals surface area contributed by atoms with E-state index in [0.717, 1.165) is 32.1 Å². The Labute approximate surface area is 155 Å². The van der Waals surface area contributed by atoms with Crippen molar-refractivity contribution in [1.29, 1.82) is 0 Å². The molecule has 0 atom stereocenters. The monoisotopic (exact) mass is 368 g/mol. The zero-order chi connectivity index (χ0) is 19.0. The molecule has 0 bridgehead atoms. The Morgan fingerprint density at radius 2 is 1.70 bits per heavy atom. The SMILES string of the molecule is O=c1c(OC2CCCCC2)c(-c2ccc(O)c(O)c2)oc2cc(O)ccc12. The number of hydrogen-bond donors (Lipinski definition) is 3. The van der Waals surface area contributed by atoms with E-state index in [1.165, 1.54) is 36.4 Å². The van der Waals surface area contributed by atoms with Gasteiger partial charge in [-0.3, -0.25) is 4.79 Å². The first-order valence-corrected chi connectivity index (χ1v) is 9.02. The maximum Gasteiger partial charge on any atom is 0.235 e. The number of hydrogen-bond acceptors (Lipinski definition) is 6. The average Bonchev–Trinajstić information content (AvgIpc) is 2.67. The molecule has 0 radical (unpaired) electrons. The molecule has 3 aromatic rings. The van der Waals surface area contributed by atoms with Crippen molar-refractivity contribution in [3.05, 3.63) is 46.6 Å². The number of fused-ring (bicyclic) bond motifs is 1. The van der Waals surface area contributed by atoms with Gasteiger partial charge in [0.15, 0.2) is 17.3 Å². The topological polar surface area (TPSA) is 100 Å². The number of rotatable bonds is 3. The fourth-order valence-corrected chi connectivity index (χ4v) is 3.48. The molecule has 1 aromatic heterocycles. The van der Waals surface area contributed by atoms with Crippen LogP contribution in [0, 0.1) is 0 Å². The second-order valence-corrected chi connectivity index (χ2v) is 6.85. The lowest BCUT2D eigenvalue weighted by atomic mass is 9.97. The molecular weight excluding hydrogens is 348 g/mol. The highest BCUT2D eigenvalue weighted by Crippen LogP contribution is 2.37. The van der Waals surface area contributed by atoms with Gasteiger partial charge in [-0.05, 0) is 56.0 Å². The lowest BCUT2D eigenvalue weighted by Crippen LogP contribution is -2.23. The molecule has 3 N–H and O–H groups in total. The second kappa shape index (κ2) is 6.87. The van der Waals surface area contributed by atoms with Gasteiger partial charge < -0.3 is 24.5 Å². The summed E-state index contributed by atoms with van der Waals surface area (Å²) in [6.07, 6.45) is 4.92. The van der Waals surface area contributed by atoms with E-state index in [9.17, 15) is 20.1 Å². The number of phenolic OH excluding ortho intramolecular Hbond substituents is 3. The van der Waals surface area contributed by atoms with Crippen molar-refractivity contribution in [3.63, 3.8) is 0 Å². The quantitative estimate of drug-likeness (QED) is 0.597. The van der Waals surface area contributed by atoms with Gasteiger partial charge in [0.25, 0.3) is 0 Å². The Balaban J connectivity index is 1.91. The van der Waals surface area contributed by atoms with E-state index in [4.69, 9.17) is 9.15 Å². The van der Waals surface area contributed by atoms with Crippen LogP contribution in [0.2, 0.25) is 0 Å². The molecule has 1 aliphatic rings. The maximum absolute atomic E-state index is 13.1. The summed E-state index contributed by atoms with van der Waals surface area (Å²) in [5.41, 5.74) is 0.293. The third-order valence-electron chi connectivity index (χ3n) is 4.91. The minimum absolute atomic E-state index is 0.0221. The Morgan fingerprint density at radius 3 is 2.44 bits per heavy atom. The van der Waals surface area contributed by atoms with Crippen molar-refractivity contribution in [2.75, 3.05) is 0 Å². The summed E-state index contributed by atoms with van der Waals surface area (Å²) >= 11 is 0. The van der Waals surface area contributed by atoms with E-state index in [1.807, 2.05) is 0 Å². The standard InChI is InChI=1S/C21H20O6/c22-13-7-8-15-18(11-13)27-20(12-6-9-16(23)17(24)10-12)21(19(15)25)26-14-4-2-1-3-5-14/h6-11,14,22-24H,1-5H2. The summed E-state index contributed by atoms with van der Waals surface area (Å²) in [4.78, 5) is 13.1. The lowest BCUT2D eigenvalue weighted by Gasteiger charge is -2.23. The molecule has 6 nitrogen and oxygen atoms in total. The molecule has 27 heavy (non-hydrogen) atoms. The van der Waals surface area contributed by atoms with Gasteiger partial charge in [-0.15, -0.1) is 0 Å². The summed E-state index contributed by atoms with van der Waals surface area (Å²) in [5, 5.41) is 29.5. The summed E-state index contributed by atoms with van der Waals surface area (Å²) < 4.78 is 12.0. The van der Waals surface area contributed by atoms with Crippen molar-refractivity contribution < 1.29 is 24.5 Å². The van der Waals surface area contributed by atoms with Crippen LogP contribution in [0.25, 0.3) is 22.3 Å². The third kappa shape index (κ3) is 3.30. The highest BCUT2D eigenvalue weighted by atomic mass is 16.5. The van der Waals surface area contributed by atoms with Crippen LogP contribution < -0.4 is 10.2 Å². The van der Waals surface area contributed by atoms with E-state index in [2.05, 4.69) is 0 Å². The van der Waals surface area contributed by atoms with Gasteiger partial charge in [0.1, 0.15) is 11.3 Å². The summed E-state index contributed by atoms with van der Waals surface area (Å²) in [7, 11) is 0. The Kier molecular flexibility index (Phi) is 4.39. The molecule has 6 heteroatoms. The zero-order valence-corrected chi connectivity index (χ0v) is 14.6. The predicted octanol–water partition coefficient (Wildman–Crippen LogP) is 4.29. The molecule has 0 amide bonds. The average molecular weight is 368 g/mol. The molecule has 1 heterocycles. The van der Waals surface area contributed by atoms with E-state index < -0.39 is 0 Å². The largest absolute Gasteiger partial charge is 0.508 e. The van der Waals surface area contributed by atoms with Crippen LogP contribution in [-0.2, 0) is 0 Å². The van der Waals surface area contributed by atoms with E-state index in [-0.39, 0.29) is 45.9 Å². The normalized spacial score (nSPS) is 15.1. The van der Waals surface area contributed by atoms with E-state index in [1.54, 1.807) is 0 Å². The second-order valence-electron chi connectivity index (χ2n) is 6.85. The molecule has 0 saturated heterocycles. The van der Waals surface area contributed by atoms with Crippen molar-refractivity contribution in [2.45, 2.75) is 38.2 Å². The highest BCUT2D eigenvalue weighted by Gasteiger charge is 2.23. The Bertz CT molecular complexity index is 1050. The fraction of sp³-hybridized carbons (Fsp3) is 0.286. The zero-order valence-electron chi connectivity index (χ0n) is 14.6. The van der Waals surface area contributed by atoms with Crippen LogP contribution in [0.4, 0.5) is 0 Å². The first kappa shape index (κ1) is 17.3. The molecular formula is C21H20O6. The first-order valence-electron chi connectivity index (χ1n) is 9.02. The van der Waals surface area contributed by atoms with Gasteiger partial charge in [0.2, 0.25) is 11.2 Å². The smallest absolute Gasteiger partial charge is 0.235 e. The van der Waals surface area contributed by atoms with Crippen molar-refractivity contribution in [1.82, 2.24) is 0 Å². The number of phenols is 3. The molecule has 4 rings (SSSR count). The molecule has 0 aliphatic heterocycles. The summed E-state index contributed by atoms with van der Waals surface area (Å²) in [6, 6.07) is 8.47. The van der Waals surface area contributed by atoms with Crippen LogP contribution in [-0.4, -0.2) is 21.4 Å². The van der Waals surface area contributed by atoms with Crippen LogP contribution in [0.1, 0.15) is 32.1 Å². The predicted molar refractivity (Wildman–Crippen MR) is 100 cm³/mol. The Morgan fingerprint density at radius 1 is 0.926 bits per heavy atom. The van der Waals surface area contributed by atoms with E-state index >= 15 is 0 Å². The summed E-state index contributed by atoms with van der Waals surface area (Å²) in [5.74, 6) is -0.362. The van der Waals surface area contributed by atoms with Gasteiger partial charge >= 0.3 is 0 Å². The lowest BCUT2D eigenvalue weighted by molar-refractivity contribution is 0.152. The first-order chi connectivity index (χ1) is 13.0. The highest BCUT2D eigenvalue weighted by molar-refractivity contribution is 5.83. The van der Waals surface area contributed by atoms with Gasteiger partial charge in [-0.2, -0.15) is 0 Å². The third-order valence-corrected chi connectivity index (χ3v) is 4.91. The number of aromatic hydroxyl groups is 3. The molecule has 140 valence electrons. The van der Waals surface area contributed by atoms with Gasteiger partial charge in [0, 0.05) is 11.6 Å². The van der Waals surface area contributed by atoms with Crippen molar-refractivity contribution >= 4 is 11.0 Å². The number of ether oxygens (including phenoxy) is 1. The van der Waals surface area contributed by atoms with Gasteiger partial charge in [-0.25, -0.2) is 0 Å². The van der Waals surface area contributed by atoms with Gasteiger partial charge in [0.05, 0.1) is 11.5 Å². The fourth-order valence-electron chi connectivity index (χ4n) is 3.48. The van der Waals surface area contributed by atoms with Crippen molar-refractivity contribution in [3.8, 4) is 34.3 Å². The van der Waals surface area contributed by atoms with Crippen LogP contribution in [0.15, 0.2) is 45.6 Å². The minimum atomic E-state index is -0.329. The molecule has 0 spiro atoms. The molecule has 1 aliphatic carbocycles. The summed E-state index contributed by atoms with van der Waals surface area (Å²) in [6.45, 7) is 0. The van der Waals surface area contributed by atoms with Crippen LogP contribution in [0.3, 0.4) is 0 Å². The molecule has 1 fully saturated rings. The molecule has 2 aromatic carbocycles. The van der Waals surface area contributed by atoms with E-state index in [0.29, 0.717) is 10.9 Å². The Hall–Kier alpha value is -3.15. The maximum atomic E-state index is 13.1.